The second kappa shape index (κ2) is 11.5. The molecule has 4 aromatic rings. The maximum atomic E-state index is 14.0. The van der Waals surface area contributed by atoms with Gasteiger partial charge in [0.1, 0.15) is 0 Å². The van der Waals surface area contributed by atoms with Crippen molar-refractivity contribution in [3.05, 3.63) is 119 Å². The first-order valence-corrected chi connectivity index (χ1v) is 14.7. The lowest BCUT2D eigenvalue weighted by atomic mass is 10.1. The average Bonchev–Trinajstić information content (AvgIpc) is 3.48. The quantitative estimate of drug-likeness (QED) is 0.255. The Balaban J connectivity index is 1.48. The van der Waals surface area contributed by atoms with Crippen molar-refractivity contribution in [2.24, 2.45) is 0 Å². The molecule has 1 saturated heterocycles. The Morgan fingerprint density at radius 2 is 1.51 bits per heavy atom. The molecule has 8 heteroatoms. The van der Waals surface area contributed by atoms with E-state index in [0.717, 1.165) is 29.9 Å². The molecule has 1 aliphatic heterocycles. The second-order valence-corrected chi connectivity index (χ2v) is 12.0. The van der Waals surface area contributed by atoms with Crippen LogP contribution in [0.2, 0.25) is 5.02 Å². The first-order valence-electron chi connectivity index (χ1n) is 12.9. The Kier molecular flexibility index (Phi) is 7.91. The summed E-state index contributed by atoms with van der Waals surface area (Å²) in [5.74, 6) is -0.389. The van der Waals surface area contributed by atoms with E-state index in [0.29, 0.717) is 16.4 Å². The number of carbonyl (C=O) groups excluding carboxylic acids is 1. The number of nitrogens with one attached hydrogen (secondary N) is 1. The summed E-state index contributed by atoms with van der Waals surface area (Å²) in [7, 11) is -4.01. The molecule has 0 unspecified atom stereocenters. The van der Waals surface area contributed by atoms with Gasteiger partial charge in [0.2, 0.25) is 0 Å². The molecule has 4 aromatic carbocycles. The smallest absolute Gasteiger partial charge is 0.264 e. The molecule has 1 N–H and O–H groups in total. The van der Waals surface area contributed by atoms with E-state index >= 15 is 0 Å². The summed E-state index contributed by atoms with van der Waals surface area (Å²) >= 11 is 6.07. The number of halogens is 1. The molecule has 1 heterocycles. The number of rotatable bonds is 8. The molecule has 1 amide bonds. The van der Waals surface area contributed by atoms with Crippen molar-refractivity contribution in [3.8, 4) is 0 Å². The third kappa shape index (κ3) is 6.10. The summed E-state index contributed by atoms with van der Waals surface area (Å²) in [6.45, 7) is 4.01. The lowest BCUT2D eigenvalue weighted by molar-refractivity contribution is 0.102. The molecule has 5 rings (SSSR count). The van der Waals surface area contributed by atoms with Crippen molar-refractivity contribution in [1.82, 2.24) is 0 Å². The standard InChI is InChI=1S/C31H30ClN3O3S/c1-23-8-18-28(19-9-23)39(37,38)35(22-24-10-12-25(32)13-11-24)30-7-3-2-6-29(30)31(36)33-26-14-16-27(17-15-26)34-20-4-5-21-34/h2-3,6-19H,4-5,20-22H2,1H3,(H,33,36). The summed E-state index contributed by atoms with van der Waals surface area (Å²) in [6.07, 6.45) is 2.38. The summed E-state index contributed by atoms with van der Waals surface area (Å²) in [5.41, 5.74) is 4.01. The largest absolute Gasteiger partial charge is 0.372 e. The molecular formula is C31H30ClN3O3S. The number of carbonyl (C=O) groups is 1. The SMILES string of the molecule is Cc1ccc(S(=O)(=O)N(Cc2ccc(Cl)cc2)c2ccccc2C(=O)Nc2ccc(N3CCCC3)cc2)cc1. The third-order valence-electron chi connectivity index (χ3n) is 6.86. The lowest BCUT2D eigenvalue weighted by Crippen LogP contribution is -2.32. The van der Waals surface area contributed by atoms with Crippen molar-refractivity contribution in [1.29, 1.82) is 0 Å². The molecule has 0 bridgehead atoms. The number of anilines is 3. The number of para-hydroxylation sites is 1. The highest BCUT2D eigenvalue weighted by molar-refractivity contribution is 7.92. The molecular weight excluding hydrogens is 530 g/mol. The fourth-order valence-corrected chi connectivity index (χ4v) is 6.30. The minimum Gasteiger partial charge on any atom is -0.372 e. The summed E-state index contributed by atoms with van der Waals surface area (Å²) in [5, 5.41) is 3.50. The average molecular weight is 560 g/mol. The Labute approximate surface area is 234 Å². The number of nitrogens with zero attached hydrogens (tertiary/aromatic N) is 2. The van der Waals surface area contributed by atoms with Crippen LogP contribution in [0.4, 0.5) is 17.1 Å². The van der Waals surface area contributed by atoms with E-state index in [-0.39, 0.29) is 22.9 Å². The molecule has 200 valence electrons. The number of benzene rings is 4. The summed E-state index contributed by atoms with van der Waals surface area (Å²) < 4.78 is 29.2. The Hall–Kier alpha value is -3.81. The van der Waals surface area contributed by atoms with E-state index in [1.54, 1.807) is 72.8 Å². The van der Waals surface area contributed by atoms with Gasteiger partial charge in [-0.2, -0.15) is 0 Å². The van der Waals surface area contributed by atoms with Crippen molar-refractivity contribution >= 4 is 44.6 Å². The van der Waals surface area contributed by atoms with Crippen LogP contribution in [0.1, 0.15) is 34.3 Å². The fourth-order valence-electron chi connectivity index (χ4n) is 4.71. The highest BCUT2D eigenvalue weighted by Crippen LogP contribution is 2.31. The van der Waals surface area contributed by atoms with Gasteiger partial charge in [-0.15, -0.1) is 0 Å². The zero-order valence-corrected chi connectivity index (χ0v) is 23.3. The Bertz CT molecular complexity index is 1550. The van der Waals surface area contributed by atoms with Crippen LogP contribution < -0.4 is 14.5 Å². The van der Waals surface area contributed by atoms with Crippen LogP contribution in [-0.2, 0) is 16.6 Å². The Morgan fingerprint density at radius 3 is 2.18 bits per heavy atom. The number of aryl methyl sites for hydroxylation is 1. The second-order valence-electron chi connectivity index (χ2n) is 9.66. The number of sulfonamides is 1. The molecule has 1 fully saturated rings. The minimum absolute atomic E-state index is 0.0300. The normalized spacial score (nSPS) is 13.3. The summed E-state index contributed by atoms with van der Waals surface area (Å²) in [6, 6.07) is 28.2. The molecule has 6 nitrogen and oxygen atoms in total. The molecule has 1 aliphatic rings. The molecule has 0 aromatic heterocycles. The fraction of sp³-hybridized carbons (Fsp3) is 0.194. The first-order chi connectivity index (χ1) is 18.8. The minimum atomic E-state index is -4.01. The van der Waals surface area contributed by atoms with Gasteiger partial charge in [-0.25, -0.2) is 8.42 Å². The first kappa shape index (κ1) is 26.8. The highest BCUT2D eigenvalue weighted by atomic mass is 35.5. The van der Waals surface area contributed by atoms with Crippen LogP contribution in [0, 0.1) is 6.92 Å². The third-order valence-corrected chi connectivity index (χ3v) is 8.89. The zero-order chi connectivity index (χ0) is 27.4. The number of hydrogen-bond donors (Lipinski definition) is 1. The van der Waals surface area contributed by atoms with Crippen molar-refractivity contribution in [2.75, 3.05) is 27.6 Å². The van der Waals surface area contributed by atoms with Gasteiger partial charge < -0.3 is 10.2 Å². The number of hydrogen-bond acceptors (Lipinski definition) is 4. The van der Waals surface area contributed by atoms with Gasteiger partial charge in [0.25, 0.3) is 15.9 Å². The molecule has 0 radical (unpaired) electrons. The van der Waals surface area contributed by atoms with Crippen LogP contribution in [0.15, 0.2) is 102 Å². The Morgan fingerprint density at radius 1 is 0.872 bits per heavy atom. The van der Waals surface area contributed by atoms with E-state index in [1.165, 1.54) is 17.1 Å². The molecule has 0 spiro atoms. The maximum Gasteiger partial charge on any atom is 0.264 e. The van der Waals surface area contributed by atoms with Gasteiger partial charge in [-0.1, -0.05) is 53.6 Å². The van der Waals surface area contributed by atoms with Crippen LogP contribution >= 0.6 is 11.6 Å². The van der Waals surface area contributed by atoms with E-state index in [1.807, 2.05) is 31.2 Å². The van der Waals surface area contributed by atoms with Gasteiger partial charge in [0.15, 0.2) is 0 Å². The van der Waals surface area contributed by atoms with Gasteiger partial charge >= 0.3 is 0 Å². The molecule has 0 saturated carbocycles. The summed E-state index contributed by atoms with van der Waals surface area (Å²) in [4.78, 5) is 16.0. The molecule has 39 heavy (non-hydrogen) atoms. The van der Waals surface area contributed by atoms with Crippen LogP contribution in [-0.4, -0.2) is 27.4 Å². The van der Waals surface area contributed by atoms with Gasteiger partial charge in [0.05, 0.1) is 22.7 Å². The zero-order valence-electron chi connectivity index (χ0n) is 21.7. The highest BCUT2D eigenvalue weighted by Gasteiger charge is 2.28. The van der Waals surface area contributed by atoms with Crippen molar-refractivity contribution in [3.63, 3.8) is 0 Å². The van der Waals surface area contributed by atoms with Crippen LogP contribution in [0.5, 0.6) is 0 Å². The van der Waals surface area contributed by atoms with Crippen LogP contribution in [0.3, 0.4) is 0 Å². The predicted octanol–water partition coefficient (Wildman–Crippen LogP) is 6.90. The monoisotopic (exact) mass is 559 g/mol. The van der Waals surface area contributed by atoms with Crippen molar-refractivity contribution < 1.29 is 13.2 Å². The van der Waals surface area contributed by atoms with Gasteiger partial charge in [-0.3, -0.25) is 9.10 Å². The van der Waals surface area contributed by atoms with E-state index in [2.05, 4.69) is 10.2 Å². The maximum absolute atomic E-state index is 14.0. The number of amides is 1. The van der Waals surface area contributed by atoms with E-state index in [9.17, 15) is 13.2 Å². The van der Waals surface area contributed by atoms with Crippen LogP contribution in [0.25, 0.3) is 0 Å². The van der Waals surface area contributed by atoms with Gasteiger partial charge in [-0.05, 0) is 86.0 Å². The predicted molar refractivity (Wildman–Crippen MR) is 158 cm³/mol. The van der Waals surface area contributed by atoms with Crippen molar-refractivity contribution in [2.45, 2.75) is 31.2 Å². The van der Waals surface area contributed by atoms with Gasteiger partial charge in [0, 0.05) is 29.5 Å². The van der Waals surface area contributed by atoms with E-state index < -0.39 is 10.0 Å². The lowest BCUT2D eigenvalue weighted by Gasteiger charge is -2.27. The molecule has 0 atom stereocenters. The van der Waals surface area contributed by atoms with E-state index in [4.69, 9.17) is 11.6 Å². The topological polar surface area (TPSA) is 69.7 Å². The molecule has 0 aliphatic carbocycles.